The number of nitrogens with two attached hydrogens (primary N) is 1. The van der Waals surface area contributed by atoms with Crippen LogP contribution in [-0.4, -0.2) is 22.6 Å². The molecule has 1 heterocycles. The number of rotatable bonds is 2. The van der Waals surface area contributed by atoms with Crippen molar-refractivity contribution in [3.05, 3.63) is 58.6 Å². The monoisotopic (exact) mass is 564 g/mol. The van der Waals surface area contributed by atoms with Gasteiger partial charge in [-0.25, -0.2) is 9.97 Å². The van der Waals surface area contributed by atoms with E-state index in [4.69, 9.17) is 21.5 Å². The van der Waals surface area contributed by atoms with Crippen LogP contribution in [0.3, 0.4) is 0 Å². The number of fused-ring (bicyclic) bond motifs is 1. The van der Waals surface area contributed by atoms with Gasteiger partial charge in [0, 0.05) is 17.0 Å². The fourth-order valence-corrected chi connectivity index (χ4v) is 2.64. The number of nitrogens with zero attached hydrogens (tertiary/aromatic N) is 4. The highest BCUT2D eigenvalue weighted by molar-refractivity contribution is 5.81. The second-order valence-corrected chi connectivity index (χ2v) is 6.74. The standard InChI is InChI=1S/C16H15N3O.C16H6.2CH4.HN3.H2O.4H2/c1-10-16(11-4-3-5-13(8-11)20-2)19-15-9-12(17)6-7-14(15)18-10;1-3-5-7-9-11-13-15-16-14-12-10-8-6-4-2;;;1-3-2;;;;;/h3-9H,17H2,1-2H3;1-2H3;2*1H4;1H;1H2;4*1H. The van der Waals surface area contributed by atoms with Crippen LogP contribution in [0.25, 0.3) is 32.7 Å². The third-order valence-electron chi connectivity index (χ3n) is 4.14. The number of hydrogen-bond donors (Lipinski definition) is 2. The molecular formula is C34H40N6O2. The molecule has 0 unspecified atom stereocenters. The molecule has 42 heavy (non-hydrogen) atoms. The summed E-state index contributed by atoms with van der Waals surface area (Å²) in [5, 5.41) is 0. The van der Waals surface area contributed by atoms with Crippen LogP contribution in [0.2, 0.25) is 0 Å². The largest absolute Gasteiger partial charge is 0.497 e. The van der Waals surface area contributed by atoms with Crippen LogP contribution in [0.15, 0.2) is 42.5 Å². The van der Waals surface area contributed by atoms with E-state index >= 15 is 0 Å². The van der Waals surface area contributed by atoms with Crippen LogP contribution >= 0.6 is 0 Å². The molecule has 0 saturated heterocycles. The van der Waals surface area contributed by atoms with Crippen LogP contribution < -0.4 is 10.5 Å². The zero-order valence-electron chi connectivity index (χ0n) is 22.3. The summed E-state index contributed by atoms with van der Waals surface area (Å²) in [5.74, 6) is 36.4. The maximum absolute atomic E-state index is 6.86. The van der Waals surface area contributed by atoms with Gasteiger partial charge in [-0.2, -0.15) is 0 Å². The van der Waals surface area contributed by atoms with Crippen molar-refractivity contribution in [2.45, 2.75) is 35.6 Å². The van der Waals surface area contributed by atoms with Crippen molar-refractivity contribution in [1.82, 2.24) is 9.97 Å². The van der Waals surface area contributed by atoms with Crippen LogP contribution in [-0.2, 0) is 0 Å². The Morgan fingerprint density at radius 2 is 1.26 bits per heavy atom. The summed E-state index contributed by atoms with van der Waals surface area (Å²) in [5.41, 5.74) is 23.1. The molecule has 8 heteroatoms. The predicted octanol–water partition coefficient (Wildman–Crippen LogP) is 6.55. The molecule has 3 rings (SSSR count). The van der Waals surface area contributed by atoms with Crippen LogP contribution in [0.5, 0.6) is 5.75 Å². The molecule has 0 amide bonds. The first-order chi connectivity index (χ1) is 19.0. The van der Waals surface area contributed by atoms with Gasteiger partial charge in [0.25, 0.3) is 0 Å². The van der Waals surface area contributed by atoms with Gasteiger partial charge >= 0.3 is 0 Å². The molecule has 0 atom stereocenters. The maximum Gasteiger partial charge on any atom is 0.119 e. The zero-order valence-corrected chi connectivity index (χ0v) is 22.3. The molecule has 0 fully saturated rings. The first kappa shape index (κ1) is 40.1. The summed E-state index contributed by atoms with van der Waals surface area (Å²) in [4.78, 5) is 11.0. The van der Waals surface area contributed by atoms with Crippen molar-refractivity contribution in [3.8, 4) is 99.9 Å². The number of hydrogen-bond acceptors (Lipinski definition) is 5. The topological polar surface area (TPSA) is 153 Å². The number of nitrogen functional groups attached to an aromatic ring is 1. The van der Waals surface area contributed by atoms with Gasteiger partial charge in [0.2, 0.25) is 0 Å². The van der Waals surface area contributed by atoms with E-state index in [-0.39, 0.29) is 26.0 Å². The van der Waals surface area contributed by atoms with Gasteiger partial charge in [0.05, 0.1) is 29.5 Å². The van der Waals surface area contributed by atoms with Crippen molar-refractivity contribution in [3.63, 3.8) is 0 Å². The lowest BCUT2D eigenvalue weighted by Gasteiger charge is -2.08. The number of anilines is 1. The van der Waals surface area contributed by atoms with Crippen molar-refractivity contribution < 1.29 is 15.9 Å². The average molecular weight is 565 g/mol. The van der Waals surface area contributed by atoms with Gasteiger partial charge in [0.15, 0.2) is 0 Å². The summed E-state index contributed by atoms with van der Waals surface area (Å²) in [6.45, 7) is 5.38. The number of nitrogens with one attached hydrogen (secondary N) is 1. The van der Waals surface area contributed by atoms with Crippen LogP contribution in [0.4, 0.5) is 5.69 Å². The van der Waals surface area contributed by atoms with Gasteiger partial charge in [-0.15, -0.1) is 5.53 Å². The molecule has 3 aromatic rings. The quantitative estimate of drug-likeness (QED) is 0.119. The predicted molar refractivity (Wildman–Crippen MR) is 181 cm³/mol. The molecule has 5 N–H and O–H groups in total. The Morgan fingerprint density at radius 1 is 0.786 bits per heavy atom. The maximum atomic E-state index is 6.86. The summed E-state index contributed by atoms with van der Waals surface area (Å²) in [6.07, 6.45) is 0. The van der Waals surface area contributed by atoms with Gasteiger partial charge in [-0.05, 0) is 133 Å². The Bertz CT molecular complexity index is 1770. The fourth-order valence-electron chi connectivity index (χ4n) is 2.64. The Balaban J connectivity index is -0.000000109. The van der Waals surface area contributed by atoms with Crippen molar-refractivity contribution in [1.29, 1.82) is 5.53 Å². The molecule has 218 valence electrons. The Labute approximate surface area is 255 Å². The first-order valence-electron chi connectivity index (χ1n) is 11.0. The lowest BCUT2D eigenvalue weighted by molar-refractivity contribution is 0.415. The first-order valence-corrected chi connectivity index (χ1v) is 11.0. The van der Waals surface area contributed by atoms with Gasteiger partial charge < -0.3 is 15.9 Å². The van der Waals surface area contributed by atoms with E-state index in [0.29, 0.717) is 5.69 Å². The minimum Gasteiger partial charge on any atom is -0.497 e. The molecule has 0 radical (unpaired) electrons. The molecule has 0 spiro atoms. The Hall–Kier alpha value is -6.43. The molecule has 0 aliphatic heterocycles. The zero-order chi connectivity index (χ0) is 28.7. The lowest BCUT2D eigenvalue weighted by atomic mass is 10.1. The molecular weight excluding hydrogens is 524 g/mol. The van der Waals surface area contributed by atoms with E-state index in [1.54, 1.807) is 25.9 Å². The molecule has 0 saturated carbocycles. The average Bonchev–Trinajstić information content (AvgIpc) is 2.94. The Kier molecular flexibility index (Phi) is 23.7. The second kappa shape index (κ2) is 24.9. The molecule has 0 aliphatic carbocycles. The van der Waals surface area contributed by atoms with Crippen LogP contribution in [0.1, 0.15) is 40.1 Å². The number of aromatic nitrogens is 2. The van der Waals surface area contributed by atoms with E-state index in [9.17, 15) is 0 Å². The van der Waals surface area contributed by atoms with Gasteiger partial charge in [-0.1, -0.05) is 38.8 Å². The van der Waals surface area contributed by atoms with Crippen LogP contribution in [0, 0.1) is 95.3 Å². The summed E-state index contributed by atoms with van der Waals surface area (Å²) in [7, 11) is 1.65. The van der Waals surface area contributed by atoms with E-state index < -0.39 is 0 Å². The fraction of sp³-hybridized carbons (Fsp3) is 0.176. The second-order valence-electron chi connectivity index (χ2n) is 6.74. The molecule has 8 nitrogen and oxygen atoms in total. The highest BCUT2D eigenvalue weighted by Crippen LogP contribution is 2.26. The minimum absolute atomic E-state index is 0. The van der Waals surface area contributed by atoms with E-state index in [1.165, 1.54) is 0 Å². The van der Waals surface area contributed by atoms with Crippen molar-refractivity contribution in [2.75, 3.05) is 12.8 Å². The highest BCUT2D eigenvalue weighted by Gasteiger charge is 2.08. The SMILES string of the molecule is C.C.CC#CC#CC#CC#CC#CC#CC#CC.COc1cccc(-c2nc3cc(N)ccc3nc2C)c1.O.[HH].[HH].[HH].[HH].[N-]=[N+]=N. The summed E-state index contributed by atoms with van der Waals surface area (Å²) in [6, 6.07) is 13.4. The number of aryl methyl sites for hydroxylation is 1. The Morgan fingerprint density at radius 3 is 1.71 bits per heavy atom. The lowest BCUT2D eigenvalue weighted by Crippen LogP contribution is -1.96. The third kappa shape index (κ3) is 15.7. The number of benzene rings is 2. The molecule has 2 aromatic carbocycles. The van der Waals surface area contributed by atoms with E-state index in [1.807, 2.05) is 49.4 Å². The van der Waals surface area contributed by atoms with E-state index in [0.717, 1.165) is 33.7 Å². The van der Waals surface area contributed by atoms with Gasteiger partial charge in [-0.3, -0.25) is 0 Å². The third-order valence-corrected chi connectivity index (χ3v) is 4.14. The highest BCUT2D eigenvalue weighted by atomic mass is 16.5. The minimum atomic E-state index is 0. The van der Waals surface area contributed by atoms with E-state index in [2.05, 4.69) is 92.9 Å². The molecule has 1 aromatic heterocycles. The van der Waals surface area contributed by atoms with Gasteiger partial charge in [0.1, 0.15) is 5.75 Å². The van der Waals surface area contributed by atoms with Crippen molar-refractivity contribution in [2.24, 2.45) is 0 Å². The number of ether oxygens (including phenoxy) is 1. The summed E-state index contributed by atoms with van der Waals surface area (Å²) < 4.78 is 5.25. The molecule has 0 bridgehead atoms. The normalized spacial score (nSPS) is 6.76. The smallest absolute Gasteiger partial charge is 0.119 e. The summed E-state index contributed by atoms with van der Waals surface area (Å²) >= 11 is 0. The molecule has 0 aliphatic rings. The number of methoxy groups -OCH3 is 1. The van der Waals surface area contributed by atoms with Crippen molar-refractivity contribution >= 4 is 16.7 Å².